The topological polar surface area (TPSA) is 163 Å². The van der Waals surface area contributed by atoms with Crippen LogP contribution in [-0.4, -0.2) is 133 Å². The zero-order chi connectivity index (χ0) is 43.7. The molecule has 61 heavy (non-hydrogen) atoms. The van der Waals surface area contributed by atoms with Crippen molar-refractivity contribution < 1.29 is 61.8 Å². The summed E-state index contributed by atoms with van der Waals surface area (Å²) in [6.45, 7) is 12.8. The molecule has 0 spiro atoms. The third-order valence-electron chi connectivity index (χ3n) is 11.6. The standard InChI is InChI=1S/C45H73NO13S2/c1-5-33(3)44(49)59-40-29-32(2)28-35-11-10-34(4)39(43(35)40)13-12-36-30-37(31-42(48)57-36)58-45(50)46-15-16-51-17-18-52-19-20-53-21-22-54-23-24-55-25-26-56-41(47)9-7-6-8-38-14-27-60-61-38/h10-11,28,32-34,36-40,43H,5-9,12-27,29-31H2,1-4H3,(H,46,50). The van der Waals surface area contributed by atoms with Gasteiger partial charge in [0.15, 0.2) is 0 Å². The molecule has 0 saturated carbocycles. The number of unbranched alkanes of at least 4 members (excludes halogenated alkanes) is 1. The summed E-state index contributed by atoms with van der Waals surface area (Å²) in [6.07, 6.45) is 13.3. The zero-order valence-electron chi connectivity index (χ0n) is 37.0. The van der Waals surface area contributed by atoms with Crippen LogP contribution in [0.5, 0.6) is 0 Å². The third-order valence-corrected chi connectivity index (χ3v) is 14.6. The highest BCUT2D eigenvalue weighted by atomic mass is 33.1. The van der Waals surface area contributed by atoms with Crippen LogP contribution in [0.3, 0.4) is 0 Å². The van der Waals surface area contributed by atoms with E-state index >= 15 is 0 Å². The maximum atomic E-state index is 12.8. The number of nitrogens with one attached hydrogen (secondary N) is 1. The number of allylic oxidation sites excluding steroid dienone is 3. The van der Waals surface area contributed by atoms with Gasteiger partial charge < -0.3 is 47.9 Å². The van der Waals surface area contributed by atoms with Crippen molar-refractivity contribution in [3.8, 4) is 0 Å². The van der Waals surface area contributed by atoms with Crippen molar-refractivity contribution in [3.63, 3.8) is 0 Å². The number of carbonyl (C=O) groups excluding carboxylic acids is 4. The van der Waals surface area contributed by atoms with Crippen molar-refractivity contribution in [2.45, 2.75) is 122 Å². The molecule has 14 nitrogen and oxygen atoms in total. The zero-order valence-corrected chi connectivity index (χ0v) is 38.7. The molecular weight excluding hydrogens is 827 g/mol. The summed E-state index contributed by atoms with van der Waals surface area (Å²) >= 11 is 0. The average Bonchev–Trinajstić information content (AvgIpc) is 3.76. The first-order chi connectivity index (χ1) is 29.6. The van der Waals surface area contributed by atoms with E-state index in [-0.39, 0.29) is 80.0 Å². The van der Waals surface area contributed by atoms with Crippen molar-refractivity contribution in [1.29, 1.82) is 0 Å². The minimum atomic E-state index is -0.595. The van der Waals surface area contributed by atoms with Crippen LogP contribution in [0, 0.1) is 29.6 Å². The highest BCUT2D eigenvalue weighted by Gasteiger charge is 2.42. The summed E-state index contributed by atoms with van der Waals surface area (Å²) < 4.78 is 50.2. The summed E-state index contributed by atoms with van der Waals surface area (Å²) in [4.78, 5) is 49.7. The number of alkyl carbamates (subject to hydrolysis) is 1. The second-order valence-corrected chi connectivity index (χ2v) is 19.3. The van der Waals surface area contributed by atoms with Crippen molar-refractivity contribution in [1.82, 2.24) is 5.32 Å². The average molecular weight is 900 g/mol. The Hall–Kier alpha value is -2.34. The van der Waals surface area contributed by atoms with Crippen molar-refractivity contribution in [3.05, 3.63) is 23.8 Å². The number of rotatable bonds is 30. The van der Waals surface area contributed by atoms with E-state index < -0.39 is 12.2 Å². The Morgan fingerprint density at radius 1 is 0.852 bits per heavy atom. The summed E-state index contributed by atoms with van der Waals surface area (Å²) in [7, 11) is 3.93. The Morgan fingerprint density at radius 2 is 1.52 bits per heavy atom. The number of amides is 1. The lowest BCUT2D eigenvalue weighted by molar-refractivity contribution is -0.162. The lowest BCUT2D eigenvalue weighted by Crippen LogP contribution is -2.42. The van der Waals surface area contributed by atoms with E-state index in [1.807, 2.05) is 35.4 Å². The smallest absolute Gasteiger partial charge is 0.407 e. The highest BCUT2D eigenvalue weighted by Crippen LogP contribution is 2.45. The molecule has 16 heteroatoms. The fraction of sp³-hybridized carbons (Fsp3) is 0.822. The minimum Gasteiger partial charge on any atom is -0.463 e. The normalized spacial score (nSPS) is 26.5. The van der Waals surface area contributed by atoms with Crippen molar-refractivity contribution in [2.24, 2.45) is 29.6 Å². The van der Waals surface area contributed by atoms with Gasteiger partial charge in [0, 0.05) is 36.3 Å². The number of carbonyl (C=O) groups is 4. The highest BCUT2D eigenvalue weighted by molar-refractivity contribution is 8.77. The Kier molecular flexibility index (Phi) is 25.2. The SMILES string of the molecule is CCC(C)C(=O)OC1CC(C)C=C2C=CC(C)C(CCC3CC(OC(=O)NCCOCCOCCOCCOCCOCCOC(=O)CCCCC4CCSS4)CC(=O)O3)C21. The number of fused-ring (bicyclic) bond motifs is 1. The van der Waals surface area contributed by atoms with Crippen LogP contribution in [0.25, 0.3) is 0 Å². The van der Waals surface area contributed by atoms with E-state index in [1.165, 1.54) is 24.2 Å². The lowest BCUT2D eigenvalue weighted by Gasteiger charge is -2.43. The molecule has 0 aromatic rings. The van der Waals surface area contributed by atoms with Crippen LogP contribution < -0.4 is 5.32 Å². The monoisotopic (exact) mass is 899 g/mol. The minimum absolute atomic E-state index is 0.0214. The second-order valence-electron chi connectivity index (χ2n) is 16.5. The molecule has 9 atom stereocenters. The molecule has 0 aromatic heterocycles. The maximum absolute atomic E-state index is 12.8. The van der Waals surface area contributed by atoms with Gasteiger partial charge in [0.2, 0.25) is 0 Å². The number of esters is 3. The maximum Gasteiger partial charge on any atom is 0.407 e. The van der Waals surface area contributed by atoms with E-state index in [4.69, 9.17) is 42.6 Å². The van der Waals surface area contributed by atoms with Gasteiger partial charge in [-0.05, 0) is 68.3 Å². The van der Waals surface area contributed by atoms with Gasteiger partial charge >= 0.3 is 24.0 Å². The molecule has 348 valence electrons. The number of cyclic esters (lactones) is 1. The van der Waals surface area contributed by atoms with Crippen LogP contribution in [-0.2, 0) is 57.0 Å². The molecule has 0 radical (unpaired) electrons. The Morgan fingerprint density at radius 3 is 2.18 bits per heavy atom. The number of hydrogen-bond acceptors (Lipinski definition) is 15. The molecule has 1 amide bonds. The molecule has 2 fully saturated rings. The number of hydrogen-bond donors (Lipinski definition) is 1. The van der Waals surface area contributed by atoms with Crippen LogP contribution in [0.15, 0.2) is 23.8 Å². The van der Waals surface area contributed by atoms with Crippen LogP contribution in [0.1, 0.15) is 98.3 Å². The lowest BCUT2D eigenvalue weighted by atomic mass is 9.65. The molecule has 1 N–H and O–H groups in total. The first kappa shape index (κ1) is 51.3. The van der Waals surface area contributed by atoms with E-state index in [9.17, 15) is 19.2 Å². The quantitative estimate of drug-likeness (QED) is 0.0331. The fourth-order valence-corrected chi connectivity index (χ4v) is 11.1. The van der Waals surface area contributed by atoms with Crippen LogP contribution >= 0.6 is 21.6 Å². The largest absolute Gasteiger partial charge is 0.463 e. The second kappa shape index (κ2) is 29.9. The molecule has 4 aliphatic rings. The molecule has 9 unspecified atom stereocenters. The summed E-state index contributed by atoms with van der Waals surface area (Å²) in [6, 6.07) is 0. The Labute approximate surface area is 371 Å². The Balaban J connectivity index is 0.944. The first-order valence-corrected chi connectivity index (χ1v) is 25.1. The molecule has 2 aliphatic carbocycles. The third kappa shape index (κ3) is 20.4. The number of ether oxygens (including phenoxy) is 9. The molecule has 2 heterocycles. The predicted octanol–water partition coefficient (Wildman–Crippen LogP) is 7.27. The Bertz CT molecular complexity index is 1360. The van der Waals surface area contributed by atoms with Gasteiger partial charge in [0.05, 0.1) is 78.4 Å². The van der Waals surface area contributed by atoms with Gasteiger partial charge in [-0.25, -0.2) is 4.79 Å². The van der Waals surface area contributed by atoms with Gasteiger partial charge in [-0.3, -0.25) is 14.4 Å². The van der Waals surface area contributed by atoms with Gasteiger partial charge in [-0.15, -0.1) is 0 Å². The van der Waals surface area contributed by atoms with E-state index in [1.54, 1.807) is 0 Å². The molecule has 4 rings (SSSR count). The van der Waals surface area contributed by atoms with Crippen LogP contribution in [0.4, 0.5) is 4.79 Å². The molecular formula is C45H73NO13S2. The van der Waals surface area contributed by atoms with E-state index in [0.717, 1.165) is 37.4 Å². The van der Waals surface area contributed by atoms with Gasteiger partial charge in [0.1, 0.15) is 24.9 Å². The molecule has 2 saturated heterocycles. The summed E-state index contributed by atoms with van der Waals surface area (Å²) in [5, 5.41) is 3.44. The fourth-order valence-electron chi connectivity index (χ4n) is 8.04. The van der Waals surface area contributed by atoms with E-state index in [0.29, 0.717) is 84.6 Å². The van der Waals surface area contributed by atoms with Gasteiger partial charge in [-0.2, -0.15) is 0 Å². The first-order valence-electron chi connectivity index (χ1n) is 22.7. The van der Waals surface area contributed by atoms with Gasteiger partial charge in [-0.1, -0.05) is 73.9 Å². The summed E-state index contributed by atoms with van der Waals surface area (Å²) in [5.41, 5.74) is 1.23. The van der Waals surface area contributed by atoms with Crippen molar-refractivity contribution >= 4 is 45.6 Å². The molecule has 0 aromatic carbocycles. The van der Waals surface area contributed by atoms with Crippen LogP contribution in [0.2, 0.25) is 0 Å². The predicted molar refractivity (Wildman–Crippen MR) is 235 cm³/mol. The van der Waals surface area contributed by atoms with Gasteiger partial charge in [0.25, 0.3) is 0 Å². The van der Waals surface area contributed by atoms with Crippen molar-refractivity contribution in [2.75, 3.05) is 85.0 Å². The summed E-state index contributed by atoms with van der Waals surface area (Å²) in [5.74, 6) is 1.35. The van der Waals surface area contributed by atoms with E-state index in [2.05, 4.69) is 37.4 Å². The molecule has 2 aliphatic heterocycles. The molecule has 0 bridgehead atoms.